The molecule has 2 aromatic rings. The zero-order valence-corrected chi connectivity index (χ0v) is 13.6. The van der Waals surface area contributed by atoms with E-state index in [0.717, 1.165) is 0 Å². The minimum absolute atomic E-state index is 0.0595. The molecule has 0 aliphatic heterocycles. The van der Waals surface area contributed by atoms with Crippen LogP contribution in [0.2, 0.25) is 0 Å². The fourth-order valence-corrected chi connectivity index (χ4v) is 2.10. The molecule has 0 aliphatic rings. The first-order valence-electron chi connectivity index (χ1n) is 6.74. The fourth-order valence-electron chi connectivity index (χ4n) is 1.45. The molecular weight excluding hydrogens is 302 g/mol. The summed E-state index contributed by atoms with van der Waals surface area (Å²) in [7, 11) is 1.55. The van der Waals surface area contributed by atoms with E-state index in [4.69, 9.17) is 9.47 Å². The SMILES string of the molecule is C=C(C(=O)Oc1ccc(OC)cc1)C(O)c1nccs1.CC. The maximum absolute atomic E-state index is 11.9. The number of methoxy groups -OCH3 is 1. The molecule has 1 heterocycles. The number of nitrogens with zero attached hydrogens (tertiary/aromatic N) is 1. The van der Waals surface area contributed by atoms with Gasteiger partial charge in [0.1, 0.15) is 22.6 Å². The van der Waals surface area contributed by atoms with Gasteiger partial charge >= 0.3 is 5.97 Å². The van der Waals surface area contributed by atoms with Crippen LogP contribution >= 0.6 is 11.3 Å². The Hall–Kier alpha value is -2.18. The molecule has 0 saturated carbocycles. The van der Waals surface area contributed by atoms with Crippen LogP contribution in [0, 0.1) is 0 Å². The third kappa shape index (κ3) is 4.68. The van der Waals surface area contributed by atoms with E-state index in [2.05, 4.69) is 11.6 Å². The number of ether oxygens (including phenoxy) is 2. The highest BCUT2D eigenvalue weighted by atomic mass is 32.1. The number of carbonyl (C=O) groups excluding carboxylic acids is 1. The van der Waals surface area contributed by atoms with Crippen LogP contribution in [0.15, 0.2) is 48.0 Å². The predicted molar refractivity (Wildman–Crippen MR) is 86.2 cm³/mol. The van der Waals surface area contributed by atoms with Crippen molar-refractivity contribution in [2.75, 3.05) is 7.11 Å². The van der Waals surface area contributed by atoms with Crippen LogP contribution in [0.3, 0.4) is 0 Å². The van der Waals surface area contributed by atoms with Crippen LogP contribution < -0.4 is 9.47 Å². The number of esters is 1. The molecule has 0 bridgehead atoms. The molecule has 1 atom stereocenters. The molecular formula is C16H19NO4S. The van der Waals surface area contributed by atoms with Gasteiger partial charge in [0.25, 0.3) is 0 Å². The molecule has 0 aliphatic carbocycles. The molecule has 1 unspecified atom stereocenters. The van der Waals surface area contributed by atoms with Gasteiger partial charge in [-0.25, -0.2) is 9.78 Å². The Morgan fingerprint density at radius 2 is 1.86 bits per heavy atom. The van der Waals surface area contributed by atoms with Gasteiger partial charge in [0.15, 0.2) is 0 Å². The normalized spacial score (nSPS) is 10.9. The second-order valence-corrected chi connectivity index (χ2v) is 4.79. The van der Waals surface area contributed by atoms with E-state index in [-0.39, 0.29) is 5.57 Å². The van der Waals surface area contributed by atoms with E-state index in [0.29, 0.717) is 16.5 Å². The van der Waals surface area contributed by atoms with Gasteiger partial charge in [-0.05, 0) is 24.3 Å². The van der Waals surface area contributed by atoms with Gasteiger partial charge in [-0.1, -0.05) is 20.4 Å². The highest BCUT2D eigenvalue weighted by Crippen LogP contribution is 2.24. The first-order valence-corrected chi connectivity index (χ1v) is 7.62. The van der Waals surface area contributed by atoms with Crippen molar-refractivity contribution in [2.24, 2.45) is 0 Å². The Balaban J connectivity index is 0.00000116. The first-order chi connectivity index (χ1) is 10.6. The lowest BCUT2D eigenvalue weighted by Gasteiger charge is -2.11. The van der Waals surface area contributed by atoms with E-state index >= 15 is 0 Å². The third-order valence-electron chi connectivity index (χ3n) is 2.55. The lowest BCUT2D eigenvalue weighted by Crippen LogP contribution is -2.16. The number of aromatic nitrogens is 1. The summed E-state index contributed by atoms with van der Waals surface area (Å²) in [4.78, 5) is 15.8. The molecule has 0 radical (unpaired) electrons. The number of carbonyl (C=O) groups is 1. The van der Waals surface area contributed by atoms with Crippen molar-refractivity contribution >= 4 is 17.3 Å². The molecule has 5 nitrogen and oxygen atoms in total. The maximum atomic E-state index is 11.9. The second kappa shape index (κ2) is 8.96. The monoisotopic (exact) mass is 321 g/mol. The zero-order chi connectivity index (χ0) is 16.5. The van der Waals surface area contributed by atoms with Crippen LogP contribution in [0.25, 0.3) is 0 Å². The van der Waals surface area contributed by atoms with E-state index < -0.39 is 12.1 Å². The van der Waals surface area contributed by atoms with Crippen LogP contribution in [-0.2, 0) is 4.79 Å². The van der Waals surface area contributed by atoms with Crippen molar-refractivity contribution in [3.05, 3.63) is 53.0 Å². The summed E-state index contributed by atoms with van der Waals surface area (Å²) in [5.74, 6) is 0.313. The molecule has 6 heteroatoms. The average molecular weight is 321 g/mol. The Morgan fingerprint density at radius 3 is 2.36 bits per heavy atom. The van der Waals surface area contributed by atoms with Gasteiger partial charge in [-0.2, -0.15) is 0 Å². The summed E-state index contributed by atoms with van der Waals surface area (Å²) in [6.45, 7) is 7.56. The molecule has 1 N–H and O–H groups in total. The third-order valence-corrected chi connectivity index (χ3v) is 3.38. The van der Waals surface area contributed by atoms with Gasteiger partial charge in [0.2, 0.25) is 0 Å². The van der Waals surface area contributed by atoms with Crippen molar-refractivity contribution in [3.63, 3.8) is 0 Å². The Kier molecular flexibility index (Phi) is 7.28. The summed E-state index contributed by atoms with van der Waals surface area (Å²) in [5.41, 5.74) is -0.0595. The molecule has 118 valence electrons. The van der Waals surface area contributed by atoms with Crippen molar-refractivity contribution in [1.82, 2.24) is 4.98 Å². The smallest absolute Gasteiger partial charge is 0.341 e. The highest BCUT2D eigenvalue weighted by molar-refractivity contribution is 7.09. The summed E-state index contributed by atoms with van der Waals surface area (Å²) in [6.07, 6.45) is 0.395. The molecule has 1 aromatic carbocycles. The molecule has 0 saturated heterocycles. The van der Waals surface area contributed by atoms with Crippen LogP contribution in [0.5, 0.6) is 11.5 Å². The number of aliphatic hydroxyl groups excluding tert-OH is 1. The first kappa shape index (κ1) is 17.9. The van der Waals surface area contributed by atoms with E-state index in [1.54, 1.807) is 43.0 Å². The lowest BCUT2D eigenvalue weighted by molar-refractivity contribution is -0.131. The minimum Gasteiger partial charge on any atom is -0.497 e. The van der Waals surface area contributed by atoms with Gasteiger partial charge < -0.3 is 14.6 Å². The quantitative estimate of drug-likeness (QED) is 0.519. The van der Waals surface area contributed by atoms with Gasteiger partial charge in [-0.3, -0.25) is 0 Å². The Bertz CT molecular complexity index is 593. The second-order valence-electron chi connectivity index (χ2n) is 3.86. The number of hydrogen-bond donors (Lipinski definition) is 1. The standard InChI is InChI=1S/C14H13NO4S.C2H6/c1-9(12(16)13-15-7-8-20-13)14(17)19-11-5-3-10(18-2)4-6-11;1-2/h3-8,12,16H,1H2,2H3;1-2H3. The number of benzene rings is 1. The molecule has 0 amide bonds. The number of aliphatic hydroxyl groups is 1. The van der Waals surface area contributed by atoms with Gasteiger partial charge in [-0.15, -0.1) is 11.3 Å². The van der Waals surface area contributed by atoms with Crippen molar-refractivity contribution in [2.45, 2.75) is 20.0 Å². The molecule has 22 heavy (non-hydrogen) atoms. The average Bonchev–Trinajstić information content (AvgIpc) is 3.10. The highest BCUT2D eigenvalue weighted by Gasteiger charge is 2.22. The summed E-state index contributed by atoms with van der Waals surface area (Å²) in [6, 6.07) is 6.53. The maximum Gasteiger partial charge on any atom is 0.341 e. The number of hydrogen-bond acceptors (Lipinski definition) is 6. The molecule has 0 spiro atoms. The summed E-state index contributed by atoms with van der Waals surface area (Å²) in [5, 5.41) is 12.0. The molecule has 0 fully saturated rings. The van der Waals surface area contributed by atoms with Crippen molar-refractivity contribution in [1.29, 1.82) is 0 Å². The van der Waals surface area contributed by atoms with Crippen molar-refractivity contribution < 1.29 is 19.4 Å². The van der Waals surface area contributed by atoms with Gasteiger partial charge in [0, 0.05) is 11.6 Å². The fraction of sp³-hybridized carbons (Fsp3) is 0.250. The van der Waals surface area contributed by atoms with E-state index in [1.807, 2.05) is 13.8 Å². The largest absolute Gasteiger partial charge is 0.497 e. The number of rotatable bonds is 5. The Labute approximate surface area is 133 Å². The Morgan fingerprint density at radius 1 is 1.27 bits per heavy atom. The summed E-state index contributed by atoms with van der Waals surface area (Å²) < 4.78 is 10.1. The topological polar surface area (TPSA) is 68.7 Å². The molecule has 1 aromatic heterocycles. The van der Waals surface area contributed by atoms with E-state index in [1.165, 1.54) is 11.3 Å². The number of thiazole rings is 1. The van der Waals surface area contributed by atoms with Crippen LogP contribution in [-0.4, -0.2) is 23.2 Å². The van der Waals surface area contributed by atoms with Gasteiger partial charge in [0.05, 0.1) is 12.7 Å². The molecule has 2 rings (SSSR count). The zero-order valence-electron chi connectivity index (χ0n) is 12.8. The summed E-state index contributed by atoms with van der Waals surface area (Å²) >= 11 is 1.24. The van der Waals surface area contributed by atoms with Crippen molar-refractivity contribution in [3.8, 4) is 11.5 Å². The minimum atomic E-state index is -1.15. The predicted octanol–water partition coefficient (Wildman–Crippen LogP) is 3.37. The van der Waals surface area contributed by atoms with Crippen LogP contribution in [0.4, 0.5) is 0 Å². The van der Waals surface area contributed by atoms with E-state index in [9.17, 15) is 9.90 Å². The lowest BCUT2D eigenvalue weighted by atomic mass is 10.2. The van der Waals surface area contributed by atoms with Crippen LogP contribution in [0.1, 0.15) is 25.0 Å².